The Morgan fingerprint density at radius 3 is 3.06 bits per heavy atom. The van der Waals surface area contributed by atoms with E-state index in [-0.39, 0.29) is 6.42 Å². The molecule has 1 heterocycles. The highest BCUT2D eigenvalue weighted by molar-refractivity contribution is 5.81. The molecular formula is C12H12N4O2. The first-order valence-electron chi connectivity index (χ1n) is 5.39. The van der Waals surface area contributed by atoms with E-state index in [1.807, 2.05) is 28.5 Å². The van der Waals surface area contributed by atoms with Crippen molar-refractivity contribution in [1.29, 1.82) is 5.26 Å². The molecule has 2 aromatic rings. The lowest BCUT2D eigenvalue weighted by atomic mass is 10.2. The van der Waals surface area contributed by atoms with Crippen LogP contribution in [0.3, 0.4) is 0 Å². The van der Waals surface area contributed by atoms with E-state index in [1.165, 1.54) is 0 Å². The SMILES string of the molecule is N#Cc1ccc2ccn(CCC(=O)ONN)c2c1. The molecular weight excluding hydrogens is 232 g/mol. The number of carbonyl (C=O) groups is 1. The van der Waals surface area contributed by atoms with Crippen molar-refractivity contribution in [3.05, 3.63) is 36.0 Å². The zero-order chi connectivity index (χ0) is 13.0. The van der Waals surface area contributed by atoms with Gasteiger partial charge in [0.25, 0.3) is 0 Å². The molecule has 0 amide bonds. The topological polar surface area (TPSA) is 93.1 Å². The lowest BCUT2D eigenvalue weighted by Crippen LogP contribution is -2.26. The minimum Gasteiger partial charge on any atom is -0.356 e. The fraction of sp³-hybridized carbons (Fsp3) is 0.167. The second-order valence-electron chi connectivity index (χ2n) is 3.74. The maximum Gasteiger partial charge on any atom is 0.328 e. The number of carbonyl (C=O) groups excluding carboxylic acids is 1. The average molecular weight is 244 g/mol. The Morgan fingerprint density at radius 1 is 1.50 bits per heavy atom. The number of hydrogen-bond donors (Lipinski definition) is 2. The molecule has 18 heavy (non-hydrogen) atoms. The van der Waals surface area contributed by atoms with Crippen LogP contribution in [-0.2, 0) is 16.2 Å². The number of nitrogens with one attached hydrogen (secondary N) is 1. The minimum absolute atomic E-state index is 0.199. The summed E-state index contributed by atoms with van der Waals surface area (Å²) in [6.07, 6.45) is 2.07. The van der Waals surface area contributed by atoms with Crippen molar-refractivity contribution in [2.45, 2.75) is 13.0 Å². The van der Waals surface area contributed by atoms with Gasteiger partial charge in [0, 0.05) is 18.3 Å². The Labute approximate surface area is 103 Å². The van der Waals surface area contributed by atoms with Gasteiger partial charge >= 0.3 is 5.97 Å². The van der Waals surface area contributed by atoms with Crippen LogP contribution in [0.2, 0.25) is 0 Å². The summed E-state index contributed by atoms with van der Waals surface area (Å²) in [5.74, 6) is 4.44. The second-order valence-corrected chi connectivity index (χ2v) is 3.74. The van der Waals surface area contributed by atoms with Gasteiger partial charge in [-0.25, -0.2) is 5.84 Å². The highest BCUT2D eigenvalue weighted by Gasteiger charge is 2.06. The first-order chi connectivity index (χ1) is 8.74. The van der Waals surface area contributed by atoms with Crippen LogP contribution in [-0.4, -0.2) is 10.5 Å². The molecule has 1 aromatic heterocycles. The summed E-state index contributed by atoms with van der Waals surface area (Å²) in [4.78, 5) is 15.6. The molecule has 0 spiro atoms. The maximum absolute atomic E-state index is 11.2. The van der Waals surface area contributed by atoms with E-state index in [1.54, 1.807) is 12.1 Å². The van der Waals surface area contributed by atoms with Crippen molar-refractivity contribution in [2.75, 3.05) is 0 Å². The van der Waals surface area contributed by atoms with E-state index in [9.17, 15) is 4.79 Å². The number of hydrazine groups is 1. The van der Waals surface area contributed by atoms with Gasteiger partial charge in [0.15, 0.2) is 0 Å². The van der Waals surface area contributed by atoms with Crippen molar-refractivity contribution in [3.8, 4) is 6.07 Å². The number of fused-ring (bicyclic) bond motifs is 1. The summed E-state index contributed by atoms with van der Waals surface area (Å²) < 4.78 is 1.90. The molecule has 0 radical (unpaired) electrons. The number of hydrogen-bond acceptors (Lipinski definition) is 5. The molecule has 0 aliphatic heterocycles. The van der Waals surface area contributed by atoms with Gasteiger partial charge in [-0.1, -0.05) is 11.7 Å². The zero-order valence-corrected chi connectivity index (χ0v) is 9.59. The molecule has 0 aliphatic carbocycles. The van der Waals surface area contributed by atoms with E-state index < -0.39 is 5.97 Å². The molecule has 92 valence electrons. The van der Waals surface area contributed by atoms with Gasteiger partial charge in [-0.05, 0) is 23.6 Å². The Hall–Kier alpha value is -2.36. The monoisotopic (exact) mass is 244 g/mol. The van der Waals surface area contributed by atoms with Crippen LogP contribution in [0.4, 0.5) is 0 Å². The van der Waals surface area contributed by atoms with Gasteiger partial charge in [-0.15, -0.1) is 0 Å². The van der Waals surface area contributed by atoms with Crippen LogP contribution < -0.4 is 11.4 Å². The number of nitrogens with zero attached hydrogens (tertiary/aromatic N) is 2. The quantitative estimate of drug-likeness (QED) is 0.613. The summed E-state index contributed by atoms with van der Waals surface area (Å²) in [5.41, 5.74) is 3.36. The Morgan fingerprint density at radius 2 is 2.33 bits per heavy atom. The van der Waals surface area contributed by atoms with Gasteiger partial charge in [0.05, 0.1) is 18.1 Å². The molecule has 0 aliphatic rings. The highest BCUT2D eigenvalue weighted by atomic mass is 16.7. The molecule has 6 heteroatoms. The molecule has 1 aromatic carbocycles. The highest BCUT2D eigenvalue weighted by Crippen LogP contribution is 2.17. The van der Waals surface area contributed by atoms with E-state index in [4.69, 9.17) is 11.1 Å². The average Bonchev–Trinajstić information content (AvgIpc) is 2.79. The number of benzene rings is 1. The fourth-order valence-electron chi connectivity index (χ4n) is 1.78. The van der Waals surface area contributed by atoms with Crippen molar-refractivity contribution >= 4 is 16.9 Å². The Kier molecular flexibility index (Phi) is 3.57. The first kappa shape index (κ1) is 12.1. The van der Waals surface area contributed by atoms with Crippen molar-refractivity contribution in [1.82, 2.24) is 10.2 Å². The van der Waals surface area contributed by atoms with Gasteiger partial charge in [-0.2, -0.15) is 5.26 Å². The van der Waals surface area contributed by atoms with Crippen LogP contribution >= 0.6 is 0 Å². The predicted molar refractivity (Wildman–Crippen MR) is 64.7 cm³/mol. The summed E-state index contributed by atoms with van der Waals surface area (Å²) in [6.45, 7) is 0.471. The number of aromatic nitrogens is 1. The van der Waals surface area contributed by atoms with Crippen molar-refractivity contribution in [2.24, 2.45) is 5.84 Å². The molecule has 2 rings (SSSR count). The lowest BCUT2D eigenvalue weighted by Gasteiger charge is -2.05. The van der Waals surface area contributed by atoms with Gasteiger partial charge in [-0.3, -0.25) is 4.79 Å². The Balaban J connectivity index is 2.18. The van der Waals surface area contributed by atoms with Crippen LogP contribution in [0.5, 0.6) is 0 Å². The minimum atomic E-state index is -0.434. The smallest absolute Gasteiger partial charge is 0.328 e. The molecule has 0 unspecified atom stereocenters. The summed E-state index contributed by atoms with van der Waals surface area (Å²) in [7, 11) is 0. The van der Waals surface area contributed by atoms with Gasteiger partial charge in [0.1, 0.15) is 0 Å². The number of nitriles is 1. The third-order valence-electron chi connectivity index (χ3n) is 2.63. The van der Waals surface area contributed by atoms with Gasteiger partial charge in [0.2, 0.25) is 0 Å². The summed E-state index contributed by atoms with van der Waals surface area (Å²) in [5, 5.41) is 9.89. The Bertz CT molecular complexity index is 612. The molecule has 0 atom stereocenters. The summed E-state index contributed by atoms with van der Waals surface area (Å²) in [6, 6.07) is 9.46. The molecule has 0 bridgehead atoms. The van der Waals surface area contributed by atoms with E-state index in [0.29, 0.717) is 12.1 Å². The maximum atomic E-state index is 11.2. The van der Waals surface area contributed by atoms with Crippen LogP contribution in [0.15, 0.2) is 30.5 Å². The van der Waals surface area contributed by atoms with Crippen LogP contribution in [0.1, 0.15) is 12.0 Å². The molecule has 6 nitrogen and oxygen atoms in total. The molecule has 0 saturated heterocycles. The molecule has 3 N–H and O–H groups in total. The standard InChI is InChI=1S/C12H12N4O2/c13-8-9-1-2-10-3-5-16(11(10)7-9)6-4-12(17)18-15-14/h1-3,5,7,15H,4,6,14H2. The third kappa shape index (κ3) is 2.48. The van der Waals surface area contributed by atoms with Gasteiger partial charge < -0.3 is 9.40 Å². The molecule has 0 saturated carbocycles. The predicted octanol–water partition coefficient (Wildman–Crippen LogP) is 0.825. The van der Waals surface area contributed by atoms with E-state index >= 15 is 0 Å². The van der Waals surface area contributed by atoms with Crippen LogP contribution in [0.25, 0.3) is 10.9 Å². The fourth-order valence-corrected chi connectivity index (χ4v) is 1.78. The molecule has 0 fully saturated rings. The summed E-state index contributed by atoms with van der Waals surface area (Å²) >= 11 is 0. The second kappa shape index (κ2) is 5.31. The van der Waals surface area contributed by atoms with Crippen LogP contribution in [0, 0.1) is 11.3 Å². The van der Waals surface area contributed by atoms with Crippen molar-refractivity contribution in [3.63, 3.8) is 0 Å². The van der Waals surface area contributed by atoms with E-state index in [2.05, 4.69) is 10.9 Å². The number of aryl methyl sites for hydroxylation is 1. The lowest BCUT2D eigenvalue weighted by molar-refractivity contribution is -0.151. The number of nitrogens with two attached hydrogens (primary N) is 1. The largest absolute Gasteiger partial charge is 0.356 e. The third-order valence-corrected chi connectivity index (χ3v) is 2.63. The normalized spacial score (nSPS) is 10.2. The van der Waals surface area contributed by atoms with E-state index in [0.717, 1.165) is 10.9 Å². The first-order valence-corrected chi connectivity index (χ1v) is 5.39. The van der Waals surface area contributed by atoms with Crippen molar-refractivity contribution < 1.29 is 9.63 Å². The number of rotatable bonds is 4. The zero-order valence-electron chi connectivity index (χ0n) is 9.59.